The molecule has 2 fully saturated rings. The molecule has 1 amide bonds. The zero-order valence-electron chi connectivity index (χ0n) is 8.54. The van der Waals surface area contributed by atoms with Gasteiger partial charge in [-0.25, -0.2) is 0 Å². The lowest BCUT2D eigenvalue weighted by Crippen LogP contribution is -2.54. The van der Waals surface area contributed by atoms with Crippen LogP contribution >= 0.6 is 0 Å². The molecule has 4 nitrogen and oxygen atoms in total. The number of hydrogen-bond acceptors (Lipinski definition) is 3. The molecular weight excluding hydrogens is 178 g/mol. The van der Waals surface area contributed by atoms with Crippen LogP contribution in [0.3, 0.4) is 0 Å². The zero-order valence-corrected chi connectivity index (χ0v) is 8.54. The van der Waals surface area contributed by atoms with Gasteiger partial charge >= 0.3 is 0 Å². The molecule has 1 saturated heterocycles. The monoisotopic (exact) mass is 197 g/mol. The van der Waals surface area contributed by atoms with Crippen LogP contribution in [0.1, 0.15) is 19.3 Å². The molecule has 1 aliphatic carbocycles. The molecule has 1 atom stereocenters. The van der Waals surface area contributed by atoms with Crippen molar-refractivity contribution in [3.05, 3.63) is 0 Å². The molecule has 1 unspecified atom stereocenters. The summed E-state index contributed by atoms with van der Waals surface area (Å²) in [7, 11) is 0. The van der Waals surface area contributed by atoms with Gasteiger partial charge in [-0.3, -0.25) is 4.79 Å². The lowest BCUT2D eigenvalue weighted by molar-refractivity contribution is -0.135. The molecule has 0 bridgehead atoms. The Labute approximate surface area is 84.8 Å². The van der Waals surface area contributed by atoms with Gasteiger partial charge in [0.1, 0.15) is 0 Å². The topological polar surface area (TPSA) is 58.4 Å². The third-order valence-electron chi connectivity index (χ3n) is 3.37. The van der Waals surface area contributed by atoms with E-state index in [9.17, 15) is 4.79 Å². The van der Waals surface area contributed by atoms with Crippen molar-refractivity contribution in [1.29, 1.82) is 0 Å². The Morgan fingerprint density at radius 3 is 2.50 bits per heavy atom. The summed E-state index contributed by atoms with van der Waals surface area (Å²) in [6, 6.07) is -0.234. The van der Waals surface area contributed by atoms with E-state index >= 15 is 0 Å². The number of carbonyl (C=O) groups excluding carboxylic acids is 1. The largest absolute Gasteiger partial charge is 0.339 e. The predicted molar refractivity (Wildman–Crippen MR) is 54.8 cm³/mol. The van der Waals surface area contributed by atoms with Crippen LogP contribution in [0.25, 0.3) is 0 Å². The van der Waals surface area contributed by atoms with Gasteiger partial charge in [0.2, 0.25) is 5.91 Å². The highest BCUT2D eigenvalue weighted by molar-refractivity contribution is 5.82. The van der Waals surface area contributed by atoms with Crippen molar-refractivity contribution < 1.29 is 4.79 Å². The van der Waals surface area contributed by atoms with Gasteiger partial charge in [-0.1, -0.05) is 6.42 Å². The molecular formula is C10H19N3O. The first kappa shape index (κ1) is 9.93. The van der Waals surface area contributed by atoms with E-state index in [1.165, 1.54) is 6.42 Å². The summed E-state index contributed by atoms with van der Waals surface area (Å²) >= 11 is 0. The Hall–Kier alpha value is -0.610. The van der Waals surface area contributed by atoms with E-state index in [1.807, 2.05) is 4.90 Å². The highest BCUT2D eigenvalue weighted by Crippen LogP contribution is 2.29. The second-order valence-corrected chi connectivity index (χ2v) is 4.29. The van der Waals surface area contributed by atoms with Gasteiger partial charge in [-0.05, 0) is 18.8 Å². The maximum Gasteiger partial charge on any atom is 0.239 e. The molecule has 80 valence electrons. The zero-order chi connectivity index (χ0) is 9.97. The molecule has 0 spiro atoms. The molecule has 3 N–H and O–H groups in total. The predicted octanol–water partition coefficient (Wildman–Crippen LogP) is -0.454. The number of hydrogen-bond donors (Lipinski definition) is 2. The van der Waals surface area contributed by atoms with E-state index < -0.39 is 0 Å². The first-order valence-corrected chi connectivity index (χ1v) is 5.54. The van der Waals surface area contributed by atoms with Gasteiger partial charge in [0.15, 0.2) is 0 Å². The van der Waals surface area contributed by atoms with Crippen LogP contribution in [0.2, 0.25) is 0 Å². The molecule has 0 radical (unpaired) electrons. The molecule has 0 aromatic heterocycles. The molecule has 2 rings (SSSR count). The summed E-state index contributed by atoms with van der Waals surface area (Å²) in [6.45, 7) is 3.45. The van der Waals surface area contributed by atoms with Gasteiger partial charge < -0.3 is 16.0 Å². The van der Waals surface area contributed by atoms with Crippen molar-refractivity contribution in [1.82, 2.24) is 10.2 Å². The highest BCUT2D eigenvalue weighted by Gasteiger charge is 2.32. The summed E-state index contributed by atoms with van der Waals surface area (Å²) in [6.07, 6.45) is 3.52. The quantitative estimate of drug-likeness (QED) is 0.630. The second kappa shape index (κ2) is 4.28. The first-order valence-electron chi connectivity index (χ1n) is 5.54. The fourth-order valence-corrected chi connectivity index (χ4v) is 2.10. The smallest absolute Gasteiger partial charge is 0.239 e. The van der Waals surface area contributed by atoms with Crippen molar-refractivity contribution in [2.75, 3.05) is 26.2 Å². The Kier molecular flexibility index (Phi) is 3.03. The summed E-state index contributed by atoms with van der Waals surface area (Å²) in [5.74, 6) is 0.619. The van der Waals surface area contributed by atoms with Crippen LogP contribution in [0.5, 0.6) is 0 Å². The van der Waals surface area contributed by atoms with Crippen molar-refractivity contribution in [3.63, 3.8) is 0 Å². The average molecular weight is 197 g/mol. The fraction of sp³-hybridized carbons (Fsp3) is 0.900. The summed E-state index contributed by atoms with van der Waals surface area (Å²) < 4.78 is 0. The molecule has 0 aromatic rings. The minimum Gasteiger partial charge on any atom is -0.339 e. The lowest BCUT2D eigenvalue weighted by atomic mass is 9.79. The summed E-state index contributed by atoms with van der Waals surface area (Å²) in [5.41, 5.74) is 5.94. The van der Waals surface area contributed by atoms with E-state index in [-0.39, 0.29) is 11.9 Å². The van der Waals surface area contributed by atoms with Crippen LogP contribution in [0.4, 0.5) is 0 Å². The van der Waals surface area contributed by atoms with Crippen LogP contribution in [-0.2, 0) is 4.79 Å². The van der Waals surface area contributed by atoms with Crippen molar-refractivity contribution in [3.8, 4) is 0 Å². The fourth-order valence-electron chi connectivity index (χ4n) is 2.10. The van der Waals surface area contributed by atoms with Crippen molar-refractivity contribution >= 4 is 5.91 Å². The molecule has 2 aliphatic rings. The van der Waals surface area contributed by atoms with E-state index in [0.29, 0.717) is 5.92 Å². The second-order valence-electron chi connectivity index (χ2n) is 4.29. The van der Waals surface area contributed by atoms with Crippen LogP contribution in [-0.4, -0.2) is 43.0 Å². The number of amides is 1. The summed E-state index contributed by atoms with van der Waals surface area (Å²) in [4.78, 5) is 13.8. The average Bonchev–Trinajstić information content (AvgIpc) is 2.15. The number of nitrogens with one attached hydrogen (secondary N) is 1. The SMILES string of the molecule is NC(C(=O)N1CCNCC1)C1CCC1. The third kappa shape index (κ3) is 1.91. The normalized spacial score (nSPS) is 25.6. The minimum absolute atomic E-state index is 0.163. The van der Waals surface area contributed by atoms with Crippen molar-refractivity contribution in [2.24, 2.45) is 11.7 Å². The Balaban J connectivity index is 1.85. The molecule has 1 saturated carbocycles. The molecule has 1 heterocycles. The van der Waals surface area contributed by atoms with Gasteiger partial charge in [0.25, 0.3) is 0 Å². The van der Waals surface area contributed by atoms with Crippen molar-refractivity contribution in [2.45, 2.75) is 25.3 Å². The van der Waals surface area contributed by atoms with E-state index in [2.05, 4.69) is 5.32 Å². The molecule has 0 aromatic carbocycles. The maximum absolute atomic E-state index is 11.9. The minimum atomic E-state index is -0.234. The van der Waals surface area contributed by atoms with Crippen LogP contribution < -0.4 is 11.1 Å². The lowest BCUT2D eigenvalue weighted by Gasteiger charge is -2.35. The van der Waals surface area contributed by atoms with E-state index in [4.69, 9.17) is 5.73 Å². The molecule has 14 heavy (non-hydrogen) atoms. The number of piperazine rings is 1. The standard InChI is InChI=1S/C10H19N3O/c11-9(8-2-1-3-8)10(14)13-6-4-12-5-7-13/h8-9,12H,1-7,11H2. The Bertz CT molecular complexity index is 205. The van der Waals surface area contributed by atoms with E-state index in [1.54, 1.807) is 0 Å². The molecule has 1 aliphatic heterocycles. The highest BCUT2D eigenvalue weighted by atomic mass is 16.2. The Morgan fingerprint density at radius 1 is 1.36 bits per heavy atom. The maximum atomic E-state index is 11.9. The first-order chi connectivity index (χ1) is 6.79. The van der Waals surface area contributed by atoms with Crippen LogP contribution in [0, 0.1) is 5.92 Å². The number of rotatable bonds is 2. The Morgan fingerprint density at radius 2 is 2.00 bits per heavy atom. The number of carbonyl (C=O) groups is 1. The van der Waals surface area contributed by atoms with E-state index in [0.717, 1.165) is 39.0 Å². The van der Waals surface area contributed by atoms with Crippen LogP contribution in [0.15, 0.2) is 0 Å². The number of nitrogens with zero attached hydrogens (tertiary/aromatic N) is 1. The van der Waals surface area contributed by atoms with Gasteiger partial charge in [-0.15, -0.1) is 0 Å². The number of nitrogens with two attached hydrogens (primary N) is 1. The summed E-state index contributed by atoms with van der Waals surface area (Å²) in [5, 5.41) is 3.23. The van der Waals surface area contributed by atoms with Gasteiger partial charge in [0, 0.05) is 26.2 Å². The third-order valence-corrected chi connectivity index (χ3v) is 3.37. The van der Waals surface area contributed by atoms with Gasteiger partial charge in [-0.2, -0.15) is 0 Å². The van der Waals surface area contributed by atoms with Gasteiger partial charge in [0.05, 0.1) is 6.04 Å². The molecule has 4 heteroatoms.